The van der Waals surface area contributed by atoms with Gasteiger partial charge in [-0.25, -0.2) is 9.37 Å². The van der Waals surface area contributed by atoms with Crippen LogP contribution in [0.2, 0.25) is 0 Å². The molecule has 0 atom stereocenters. The van der Waals surface area contributed by atoms with Crippen molar-refractivity contribution in [3.63, 3.8) is 0 Å². The summed E-state index contributed by atoms with van der Waals surface area (Å²) in [5.41, 5.74) is -0.908. The number of hydrogen-bond acceptors (Lipinski definition) is 2. The van der Waals surface area contributed by atoms with Gasteiger partial charge in [0, 0.05) is 25.0 Å². The Bertz CT molecular complexity index is 557. The van der Waals surface area contributed by atoms with Gasteiger partial charge in [-0.1, -0.05) is 11.5 Å². The van der Waals surface area contributed by atoms with Crippen LogP contribution in [0.4, 0.5) is 17.3 Å². The van der Waals surface area contributed by atoms with Crippen LogP contribution >= 0.6 is 0 Å². The molecule has 0 N–H and O–H groups in total. The highest BCUT2D eigenvalue weighted by atomic mass is 19.4. The van der Waals surface area contributed by atoms with Crippen molar-refractivity contribution in [1.82, 2.24) is 9.55 Å². The molecule has 0 fully saturated rings. The van der Waals surface area contributed by atoms with E-state index < -0.39 is 24.0 Å². The SMILES string of the molecule is Fc1ccc([B-](F)(F)F)c(OCCCn2ccnc2)c1. The summed E-state index contributed by atoms with van der Waals surface area (Å²) in [6, 6.07) is 2.26. The fourth-order valence-corrected chi connectivity index (χ4v) is 1.75. The van der Waals surface area contributed by atoms with Crippen LogP contribution in [-0.2, 0) is 6.54 Å². The number of ether oxygens (including phenoxy) is 1. The molecule has 0 aliphatic heterocycles. The maximum atomic E-state index is 13.0. The fraction of sp³-hybridized carbons (Fsp3) is 0.250. The summed E-state index contributed by atoms with van der Waals surface area (Å²) in [5.74, 6) is -1.21. The second kappa shape index (κ2) is 5.98. The summed E-state index contributed by atoms with van der Waals surface area (Å²) >= 11 is 0. The predicted molar refractivity (Wildman–Crippen MR) is 67.5 cm³/mol. The van der Waals surface area contributed by atoms with Crippen molar-refractivity contribution in [2.75, 3.05) is 6.61 Å². The summed E-state index contributed by atoms with van der Waals surface area (Å²) < 4.78 is 58.1. The van der Waals surface area contributed by atoms with E-state index in [4.69, 9.17) is 4.74 Å². The Morgan fingerprint density at radius 3 is 2.70 bits per heavy atom. The zero-order chi connectivity index (χ0) is 14.6. The molecule has 0 aliphatic rings. The molecule has 0 saturated carbocycles. The fourth-order valence-electron chi connectivity index (χ4n) is 1.75. The lowest BCUT2D eigenvalue weighted by Crippen LogP contribution is -2.35. The van der Waals surface area contributed by atoms with Gasteiger partial charge in [-0.15, -0.1) is 0 Å². The second-order valence-corrected chi connectivity index (χ2v) is 4.26. The van der Waals surface area contributed by atoms with E-state index in [2.05, 4.69) is 4.98 Å². The van der Waals surface area contributed by atoms with E-state index in [1.807, 2.05) is 0 Å². The van der Waals surface area contributed by atoms with Crippen LogP contribution in [0.1, 0.15) is 6.42 Å². The van der Waals surface area contributed by atoms with E-state index in [1.54, 1.807) is 23.3 Å². The number of nitrogens with zero attached hydrogens (tertiary/aromatic N) is 2. The Labute approximate surface area is 113 Å². The monoisotopic (exact) mass is 287 g/mol. The van der Waals surface area contributed by atoms with Crippen LogP contribution in [0.25, 0.3) is 0 Å². The summed E-state index contributed by atoms with van der Waals surface area (Å²) in [6.07, 6.45) is 5.45. The first-order valence-electron chi connectivity index (χ1n) is 6.05. The van der Waals surface area contributed by atoms with Gasteiger partial charge in [0.1, 0.15) is 5.82 Å². The second-order valence-electron chi connectivity index (χ2n) is 4.26. The summed E-state index contributed by atoms with van der Waals surface area (Å²) in [4.78, 5) is 3.84. The van der Waals surface area contributed by atoms with Gasteiger partial charge in [0.05, 0.1) is 18.7 Å². The molecule has 0 amide bonds. The number of aromatic nitrogens is 2. The molecule has 20 heavy (non-hydrogen) atoms. The highest BCUT2D eigenvalue weighted by Crippen LogP contribution is 2.19. The predicted octanol–water partition coefficient (Wildman–Crippen LogP) is 2.55. The molecule has 0 spiro atoms. The number of aryl methyl sites for hydroxylation is 1. The number of halogens is 4. The molecule has 0 saturated heterocycles. The van der Waals surface area contributed by atoms with E-state index in [-0.39, 0.29) is 6.61 Å². The molecule has 2 aromatic rings. The van der Waals surface area contributed by atoms with Crippen molar-refractivity contribution < 1.29 is 22.1 Å². The lowest BCUT2D eigenvalue weighted by atomic mass is 9.79. The summed E-state index contributed by atoms with van der Waals surface area (Å²) in [6.45, 7) is -4.58. The minimum absolute atomic E-state index is 0.0702. The smallest absolute Gasteiger partial charge is 0.496 e. The Morgan fingerprint density at radius 1 is 1.25 bits per heavy atom. The third-order valence-corrected chi connectivity index (χ3v) is 2.71. The number of rotatable bonds is 6. The molecule has 0 unspecified atom stereocenters. The molecule has 0 aliphatic carbocycles. The quantitative estimate of drug-likeness (QED) is 0.464. The Balaban J connectivity index is 1.96. The molecule has 3 nitrogen and oxygen atoms in total. The molecule has 1 aromatic heterocycles. The average molecular weight is 287 g/mol. The van der Waals surface area contributed by atoms with E-state index in [0.29, 0.717) is 19.0 Å². The minimum Gasteiger partial charge on any atom is -0.496 e. The Morgan fingerprint density at radius 2 is 2.05 bits per heavy atom. The molecule has 1 aromatic carbocycles. The largest absolute Gasteiger partial charge is 0.513 e. The van der Waals surface area contributed by atoms with E-state index in [9.17, 15) is 17.3 Å². The van der Waals surface area contributed by atoms with Crippen molar-refractivity contribution in [2.24, 2.45) is 0 Å². The van der Waals surface area contributed by atoms with Gasteiger partial charge >= 0.3 is 6.98 Å². The molecular weight excluding hydrogens is 275 g/mol. The van der Waals surface area contributed by atoms with Crippen LogP contribution in [0.3, 0.4) is 0 Å². The molecule has 0 radical (unpaired) electrons. The average Bonchev–Trinajstić information content (AvgIpc) is 2.86. The first-order chi connectivity index (χ1) is 9.47. The molecule has 1 heterocycles. The molecule has 108 valence electrons. The van der Waals surface area contributed by atoms with Crippen molar-refractivity contribution in [1.29, 1.82) is 0 Å². The third kappa shape index (κ3) is 3.75. The number of imidazole rings is 1. The zero-order valence-electron chi connectivity index (χ0n) is 10.5. The van der Waals surface area contributed by atoms with Crippen LogP contribution in [0.15, 0.2) is 36.9 Å². The summed E-state index contributed by atoms with van der Waals surface area (Å²) in [7, 11) is 0. The van der Waals surface area contributed by atoms with E-state index in [1.165, 1.54) is 0 Å². The molecule has 0 bridgehead atoms. The van der Waals surface area contributed by atoms with Crippen LogP contribution < -0.4 is 10.2 Å². The van der Waals surface area contributed by atoms with Gasteiger partial charge in [0.25, 0.3) is 0 Å². The normalized spacial score (nSPS) is 11.6. The zero-order valence-corrected chi connectivity index (χ0v) is 10.5. The van der Waals surface area contributed by atoms with Crippen molar-refractivity contribution in [3.05, 3.63) is 42.7 Å². The lowest BCUT2D eigenvalue weighted by Gasteiger charge is -2.19. The first kappa shape index (κ1) is 14.4. The maximum absolute atomic E-state index is 13.0. The van der Waals surface area contributed by atoms with Gasteiger partial charge in [-0.3, -0.25) is 0 Å². The summed E-state index contributed by atoms with van der Waals surface area (Å²) in [5, 5.41) is 0. The van der Waals surface area contributed by atoms with Crippen LogP contribution in [-0.4, -0.2) is 23.1 Å². The number of benzene rings is 1. The highest BCUT2D eigenvalue weighted by Gasteiger charge is 2.29. The van der Waals surface area contributed by atoms with Crippen molar-refractivity contribution in [2.45, 2.75) is 13.0 Å². The van der Waals surface area contributed by atoms with Crippen molar-refractivity contribution >= 4 is 12.4 Å². The number of hydrogen-bond donors (Lipinski definition) is 0. The Hall–Kier alpha value is -1.99. The van der Waals surface area contributed by atoms with Gasteiger partial charge in [-0.05, 0) is 12.5 Å². The molecule has 8 heteroatoms. The van der Waals surface area contributed by atoms with Crippen LogP contribution in [0, 0.1) is 5.82 Å². The minimum atomic E-state index is -5.22. The Kier molecular flexibility index (Phi) is 4.31. The topological polar surface area (TPSA) is 27.1 Å². The van der Waals surface area contributed by atoms with E-state index >= 15 is 0 Å². The standard InChI is InChI=1S/C12H12BF4N2O/c14-10-2-3-11(13(15,16)17)12(8-10)20-7-1-5-19-6-4-18-9-19/h2-4,6,8-9H,1,5,7H2/q-1. The van der Waals surface area contributed by atoms with Gasteiger partial charge in [-0.2, -0.15) is 0 Å². The van der Waals surface area contributed by atoms with Gasteiger partial charge in [0.15, 0.2) is 0 Å². The first-order valence-corrected chi connectivity index (χ1v) is 6.05. The maximum Gasteiger partial charge on any atom is 0.513 e. The lowest BCUT2D eigenvalue weighted by molar-refractivity contribution is 0.301. The van der Waals surface area contributed by atoms with Crippen LogP contribution in [0.5, 0.6) is 5.75 Å². The molecule has 2 rings (SSSR count). The van der Waals surface area contributed by atoms with Gasteiger partial charge < -0.3 is 22.3 Å². The van der Waals surface area contributed by atoms with Crippen molar-refractivity contribution in [3.8, 4) is 5.75 Å². The van der Waals surface area contributed by atoms with Gasteiger partial charge in [0.2, 0.25) is 0 Å². The highest BCUT2D eigenvalue weighted by molar-refractivity contribution is 6.74. The third-order valence-electron chi connectivity index (χ3n) is 2.71. The molecular formula is C12H12BF4N2O-. The van der Waals surface area contributed by atoms with E-state index in [0.717, 1.165) is 12.1 Å².